The molecule has 1 aliphatic heterocycles. The summed E-state index contributed by atoms with van der Waals surface area (Å²) in [5, 5.41) is 1.68. The second kappa shape index (κ2) is 6.78. The van der Waals surface area contributed by atoms with Crippen LogP contribution in [0, 0.1) is 0 Å². The summed E-state index contributed by atoms with van der Waals surface area (Å²) in [6.07, 6.45) is 2.67. The number of alkyl halides is 1. The van der Waals surface area contributed by atoms with E-state index in [1.165, 1.54) is 12.0 Å². The first-order valence-corrected chi connectivity index (χ1v) is 7.95. The zero-order chi connectivity index (χ0) is 13.0. The van der Waals surface area contributed by atoms with Crippen molar-refractivity contribution in [1.29, 1.82) is 0 Å². The molecule has 1 aromatic carbocycles. The van der Waals surface area contributed by atoms with Crippen LogP contribution >= 0.6 is 27.5 Å². The molecule has 0 radical (unpaired) electrons. The van der Waals surface area contributed by atoms with Crippen LogP contribution in [0.5, 0.6) is 0 Å². The number of anilines is 1. The number of hydrogen-bond acceptors (Lipinski definition) is 2. The second-order valence-corrected chi connectivity index (χ2v) is 5.55. The van der Waals surface area contributed by atoms with Crippen LogP contribution in [-0.2, 0) is 10.1 Å². The number of hydrogen-bond donors (Lipinski definition) is 0. The van der Waals surface area contributed by atoms with Crippen LogP contribution in [0.2, 0.25) is 5.02 Å². The Morgan fingerprint density at radius 2 is 2.33 bits per heavy atom. The van der Waals surface area contributed by atoms with Crippen LogP contribution in [0.4, 0.5) is 5.69 Å². The smallest absolute Gasteiger partial charge is 0.0750 e. The Hall–Kier alpha value is -0.250. The third kappa shape index (κ3) is 3.40. The third-order valence-corrected chi connectivity index (χ3v) is 4.24. The van der Waals surface area contributed by atoms with E-state index >= 15 is 0 Å². The monoisotopic (exact) mass is 331 g/mol. The predicted molar refractivity (Wildman–Crippen MR) is 80.9 cm³/mol. The summed E-state index contributed by atoms with van der Waals surface area (Å²) < 4.78 is 5.73. The van der Waals surface area contributed by atoms with Gasteiger partial charge in [0.15, 0.2) is 0 Å². The summed E-state index contributed by atoms with van der Waals surface area (Å²) in [5.74, 6) is 0. The van der Waals surface area contributed by atoms with Crippen molar-refractivity contribution in [3.63, 3.8) is 0 Å². The Balaban J connectivity index is 2.10. The molecule has 0 spiro atoms. The first-order chi connectivity index (χ1) is 8.74. The van der Waals surface area contributed by atoms with Crippen molar-refractivity contribution in [2.75, 3.05) is 24.6 Å². The van der Waals surface area contributed by atoms with Crippen LogP contribution in [0.1, 0.15) is 25.3 Å². The number of nitrogens with zero attached hydrogens (tertiary/aromatic N) is 1. The molecule has 2 rings (SSSR count). The van der Waals surface area contributed by atoms with Crippen molar-refractivity contribution in [2.24, 2.45) is 0 Å². The summed E-state index contributed by atoms with van der Waals surface area (Å²) in [6, 6.07) is 6.28. The average Bonchev–Trinajstić information content (AvgIpc) is 2.39. The van der Waals surface area contributed by atoms with Gasteiger partial charge in [-0.3, -0.25) is 0 Å². The van der Waals surface area contributed by atoms with Crippen LogP contribution in [-0.4, -0.2) is 25.8 Å². The van der Waals surface area contributed by atoms with E-state index < -0.39 is 0 Å². The van der Waals surface area contributed by atoms with Crippen molar-refractivity contribution in [3.8, 4) is 0 Å². The summed E-state index contributed by atoms with van der Waals surface area (Å²) >= 11 is 9.81. The Morgan fingerprint density at radius 1 is 1.50 bits per heavy atom. The minimum atomic E-state index is 0.343. The van der Waals surface area contributed by atoms with Gasteiger partial charge in [0.05, 0.1) is 16.8 Å². The lowest BCUT2D eigenvalue weighted by molar-refractivity contribution is 0.0527. The maximum Gasteiger partial charge on any atom is 0.0750 e. The van der Waals surface area contributed by atoms with E-state index in [0.717, 1.165) is 42.2 Å². The maximum atomic E-state index is 6.36. The molecule has 1 aliphatic rings. The van der Waals surface area contributed by atoms with Crippen molar-refractivity contribution in [3.05, 3.63) is 28.8 Å². The molecular formula is C14H19BrClNO. The van der Waals surface area contributed by atoms with Gasteiger partial charge in [0.2, 0.25) is 0 Å². The molecule has 0 aromatic heterocycles. The molecule has 1 saturated heterocycles. The number of ether oxygens (including phenoxy) is 1. The van der Waals surface area contributed by atoms with Gasteiger partial charge in [-0.2, -0.15) is 0 Å². The predicted octanol–water partition coefficient (Wildman–Crippen LogP) is 4.24. The number of piperidine rings is 1. The van der Waals surface area contributed by atoms with Gasteiger partial charge in [-0.1, -0.05) is 33.6 Å². The summed E-state index contributed by atoms with van der Waals surface area (Å²) in [6.45, 7) is 4.85. The van der Waals surface area contributed by atoms with E-state index in [1.54, 1.807) is 0 Å². The van der Waals surface area contributed by atoms with Gasteiger partial charge in [0.25, 0.3) is 0 Å². The highest BCUT2D eigenvalue weighted by atomic mass is 79.9. The van der Waals surface area contributed by atoms with Gasteiger partial charge in [-0.25, -0.2) is 0 Å². The molecular weight excluding hydrogens is 314 g/mol. The Morgan fingerprint density at radius 3 is 3.00 bits per heavy atom. The van der Waals surface area contributed by atoms with Crippen LogP contribution in [0.25, 0.3) is 0 Å². The SMILES string of the molecule is CCOC1CCCN(c2ccc(CBr)cc2Cl)C1. The highest BCUT2D eigenvalue weighted by Crippen LogP contribution is 2.30. The minimum absolute atomic E-state index is 0.343. The zero-order valence-corrected chi connectivity index (χ0v) is 13.0. The first-order valence-electron chi connectivity index (χ1n) is 6.45. The normalized spacial score (nSPS) is 20.2. The molecule has 100 valence electrons. The Labute approximate surface area is 122 Å². The molecule has 1 unspecified atom stereocenters. The zero-order valence-electron chi connectivity index (χ0n) is 10.7. The van der Waals surface area contributed by atoms with Gasteiger partial charge in [0, 0.05) is 25.0 Å². The lowest BCUT2D eigenvalue weighted by Gasteiger charge is -2.34. The maximum absolute atomic E-state index is 6.36. The van der Waals surface area contributed by atoms with E-state index in [1.807, 2.05) is 6.07 Å². The molecule has 0 aliphatic carbocycles. The minimum Gasteiger partial charge on any atom is -0.377 e. The number of halogens is 2. The topological polar surface area (TPSA) is 12.5 Å². The van der Waals surface area contributed by atoms with Gasteiger partial charge in [-0.15, -0.1) is 0 Å². The Kier molecular flexibility index (Phi) is 5.34. The number of benzene rings is 1. The fourth-order valence-electron chi connectivity index (χ4n) is 2.42. The largest absolute Gasteiger partial charge is 0.377 e. The molecule has 1 aromatic rings. The molecule has 0 amide bonds. The fraction of sp³-hybridized carbons (Fsp3) is 0.571. The number of rotatable bonds is 4. The highest BCUT2D eigenvalue weighted by molar-refractivity contribution is 9.08. The molecule has 4 heteroatoms. The standard InChI is InChI=1S/C14H19BrClNO/c1-2-18-12-4-3-7-17(10-12)14-6-5-11(9-15)8-13(14)16/h5-6,8,12H,2-4,7,9-10H2,1H3. The molecule has 18 heavy (non-hydrogen) atoms. The van der Waals surface area contributed by atoms with E-state index in [9.17, 15) is 0 Å². The lowest BCUT2D eigenvalue weighted by atomic mass is 10.1. The van der Waals surface area contributed by atoms with Crippen LogP contribution < -0.4 is 4.90 Å². The van der Waals surface area contributed by atoms with Crippen LogP contribution in [0.3, 0.4) is 0 Å². The third-order valence-electron chi connectivity index (χ3n) is 3.29. The van der Waals surface area contributed by atoms with E-state index in [0.29, 0.717) is 6.10 Å². The highest BCUT2D eigenvalue weighted by Gasteiger charge is 2.21. The average molecular weight is 333 g/mol. The fourth-order valence-corrected chi connectivity index (χ4v) is 3.09. The first kappa shape index (κ1) is 14.2. The Bertz CT molecular complexity index is 397. The summed E-state index contributed by atoms with van der Waals surface area (Å²) in [5.41, 5.74) is 2.34. The van der Waals surface area contributed by atoms with E-state index in [2.05, 4.69) is 39.9 Å². The van der Waals surface area contributed by atoms with Crippen LogP contribution in [0.15, 0.2) is 18.2 Å². The van der Waals surface area contributed by atoms with E-state index in [4.69, 9.17) is 16.3 Å². The molecule has 0 bridgehead atoms. The molecule has 1 heterocycles. The summed E-state index contributed by atoms with van der Waals surface area (Å²) in [7, 11) is 0. The van der Waals surface area contributed by atoms with E-state index in [-0.39, 0.29) is 0 Å². The summed E-state index contributed by atoms with van der Waals surface area (Å²) in [4.78, 5) is 2.34. The van der Waals surface area contributed by atoms with Gasteiger partial charge in [0.1, 0.15) is 0 Å². The van der Waals surface area contributed by atoms with Crippen molar-refractivity contribution in [1.82, 2.24) is 0 Å². The lowest BCUT2D eigenvalue weighted by Crippen LogP contribution is -2.39. The molecule has 0 saturated carbocycles. The second-order valence-electron chi connectivity index (χ2n) is 4.58. The van der Waals surface area contributed by atoms with Crippen molar-refractivity contribution in [2.45, 2.75) is 31.2 Å². The van der Waals surface area contributed by atoms with Gasteiger partial charge in [-0.05, 0) is 37.5 Å². The van der Waals surface area contributed by atoms with Gasteiger partial charge < -0.3 is 9.64 Å². The molecule has 2 nitrogen and oxygen atoms in total. The van der Waals surface area contributed by atoms with Gasteiger partial charge >= 0.3 is 0 Å². The molecule has 0 N–H and O–H groups in total. The quantitative estimate of drug-likeness (QED) is 0.765. The van der Waals surface area contributed by atoms with Crippen molar-refractivity contribution < 1.29 is 4.74 Å². The molecule has 1 atom stereocenters. The van der Waals surface area contributed by atoms with Crippen molar-refractivity contribution >= 4 is 33.2 Å². The molecule has 1 fully saturated rings.